The molecule has 0 atom stereocenters. The molecule has 0 fully saturated rings. The molecule has 0 saturated heterocycles. The molecular weight excluding hydrogens is 120 g/mol. The van der Waals surface area contributed by atoms with Crippen LogP contribution in [0.1, 0.15) is 34.1 Å². The van der Waals surface area contributed by atoms with E-state index in [1.54, 1.807) is 0 Å². The quantitative estimate of drug-likeness (QED) is 0.479. The molecule has 0 radical (unpaired) electrons. The van der Waals surface area contributed by atoms with Crippen molar-refractivity contribution in [2.24, 2.45) is 5.41 Å². The molecule has 0 amide bonds. The third-order valence-corrected chi connectivity index (χ3v) is 1.98. The SMILES string of the molecule is CC1=C(C(C)(C)C)C=CC1. The Kier molecular flexibility index (Phi) is 1.72. The van der Waals surface area contributed by atoms with Crippen molar-refractivity contribution < 1.29 is 0 Å². The highest BCUT2D eigenvalue weighted by molar-refractivity contribution is 5.36. The normalized spacial score (nSPS) is 18.8. The van der Waals surface area contributed by atoms with E-state index in [1.807, 2.05) is 0 Å². The monoisotopic (exact) mass is 136 g/mol. The highest BCUT2D eigenvalue weighted by atomic mass is 14.2. The maximum atomic E-state index is 2.27. The zero-order chi connectivity index (χ0) is 7.78. The topological polar surface area (TPSA) is 0 Å². The fourth-order valence-electron chi connectivity index (χ4n) is 1.50. The first-order valence-electron chi connectivity index (χ1n) is 3.88. The molecule has 0 aromatic carbocycles. The van der Waals surface area contributed by atoms with Crippen LogP contribution in [0.25, 0.3) is 0 Å². The zero-order valence-electron chi connectivity index (χ0n) is 7.36. The molecule has 1 aliphatic rings. The molecule has 0 heteroatoms. The largest absolute Gasteiger partial charge is 0.0802 e. The lowest BCUT2D eigenvalue weighted by Crippen LogP contribution is -2.07. The molecule has 0 spiro atoms. The molecular formula is C10H16. The molecule has 0 aromatic rings. The second-order valence-corrected chi connectivity index (χ2v) is 4.05. The highest BCUT2D eigenvalue weighted by Crippen LogP contribution is 2.33. The van der Waals surface area contributed by atoms with Gasteiger partial charge >= 0.3 is 0 Å². The summed E-state index contributed by atoms with van der Waals surface area (Å²) in [7, 11) is 0. The minimum atomic E-state index is 0.344. The molecule has 0 aromatic heterocycles. The van der Waals surface area contributed by atoms with Crippen molar-refractivity contribution >= 4 is 0 Å². The Hall–Kier alpha value is -0.520. The van der Waals surface area contributed by atoms with E-state index in [-0.39, 0.29) is 0 Å². The first kappa shape index (κ1) is 7.59. The van der Waals surface area contributed by atoms with E-state index in [9.17, 15) is 0 Å². The molecule has 0 saturated carbocycles. The molecule has 0 nitrogen and oxygen atoms in total. The first-order chi connectivity index (χ1) is 4.52. The van der Waals surface area contributed by atoms with Crippen molar-refractivity contribution in [3.63, 3.8) is 0 Å². The second-order valence-electron chi connectivity index (χ2n) is 4.05. The number of hydrogen-bond donors (Lipinski definition) is 0. The van der Waals surface area contributed by atoms with Crippen LogP contribution >= 0.6 is 0 Å². The maximum absolute atomic E-state index is 2.27. The average Bonchev–Trinajstić information content (AvgIpc) is 2.11. The zero-order valence-corrected chi connectivity index (χ0v) is 7.36. The summed E-state index contributed by atoms with van der Waals surface area (Å²) in [6, 6.07) is 0. The van der Waals surface area contributed by atoms with Crippen molar-refractivity contribution in [2.45, 2.75) is 34.1 Å². The van der Waals surface area contributed by atoms with Gasteiger partial charge in [-0.2, -0.15) is 0 Å². The van der Waals surface area contributed by atoms with Gasteiger partial charge in [-0.3, -0.25) is 0 Å². The van der Waals surface area contributed by atoms with Gasteiger partial charge in [-0.1, -0.05) is 38.5 Å². The lowest BCUT2D eigenvalue weighted by atomic mass is 9.85. The van der Waals surface area contributed by atoms with Crippen LogP contribution in [0.15, 0.2) is 23.3 Å². The van der Waals surface area contributed by atoms with E-state index < -0.39 is 0 Å². The summed E-state index contributed by atoms with van der Waals surface area (Å²) in [6.07, 6.45) is 5.66. The lowest BCUT2D eigenvalue weighted by Gasteiger charge is -2.20. The van der Waals surface area contributed by atoms with Crippen molar-refractivity contribution in [3.05, 3.63) is 23.3 Å². The number of hydrogen-bond acceptors (Lipinski definition) is 0. The maximum Gasteiger partial charge on any atom is -0.0132 e. The van der Waals surface area contributed by atoms with Gasteiger partial charge in [0, 0.05) is 0 Å². The third-order valence-electron chi connectivity index (χ3n) is 1.98. The van der Waals surface area contributed by atoms with E-state index in [0.29, 0.717) is 5.41 Å². The summed E-state index contributed by atoms with van der Waals surface area (Å²) in [5.41, 5.74) is 3.40. The summed E-state index contributed by atoms with van der Waals surface area (Å²) in [6.45, 7) is 9.02. The van der Waals surface area contributed by atoms with Gasteiger partial charge in [-0.15, -0.1) is 0 Å². The van der Waals surface area contributed by atoms with Crippen LogP contribution in [-0.4, -0.2) is 0 Å². The molecule has 0 aliphatic heterocycles. The summed E-state index contributed by atoms with van der Waals surface area (Å²) in [5.74, 6) is 0. The van der Waals surface area contributed by atoms with Crippen LogP contribution in [0.2, 0.25) is 0 Å². The van der Waals surface area contributed by atoms with E-state index in [4.69, 9.17) is 0 Å². The highest BCUT2D eigenvalue weighted by Gasteiger charge is 2.18. The van der Waals surface area contributed by atoms with Crippen molar-refractivity contribution in [2.75, 3.05) is 0 Å². The Balaban J connectivity index is 2.91. The minimum Gasteiger partial charge on any atom is -0.0802 e. The summed E-state index contributed by atoms with van der Waals surface area (Å²) in [4.78, 5) is 0. The van der Waals surface area contributed by atoms with Crippen LogP contribution in [0.5, 0.6) is 0 Å². The minimum absolute atomic E-state index is 0.344. The van der Waals surface area contributed by atoms with Gasteiger partial charge in [0.25, 0.3) is 0 Å². The molecule has 0 N–H and O–H groups in total. The smallest absolute Gasteiger partial charge is 0.0132 e. The van der Waals surface area contributed by atoms with Crippen molar-refractivity contribution in [1.29, 1.82) is 0 Å². The number of allylic oxidation sites excluding steroid dienone is 4. The van der Waals surface area contributed by atoms with E-state index in [1.165, 1.54) is 11.1 Å². The van der Waals surface area contributed by atoms with Crippen LogP contribution in [-0.2, 0) is 0 Å². The average molecular weight is 136 g/mol. The van der Waals surface area contributed by atoms with Gasteiger partial charge in [0.2, 0.25) is 0 Å². The Labute approximate surface area is 63.6 Å². The van der Waals surface area contributed by atoms with Crippen LogP contribution in [0, 0.1) is 5.41 Å². The van der Waals surface area contributed by atoms with Gasteiger partial charge in [-0.05, 0) is 24.3 Å². The van der Waals surface area contributed by atoms with Crippen molar-refractivity contribution in [1.82, 2.24) is 0 Å². The van der Waals surface area contributed by atoms with E-state index in [2.05, 4.69) is 39.8 Å². The van der Waals surface area contributed by atoms with Gasteiger partial charge < -0.3 is 0 Å². The van der Waals surface area contributed by atoms with E-state index >= 15 is 0 Å². The summed E-state index contributed by atoms with van der Waals surface area (Å²) < 4.78 is 0. The van der Waals surface area contributed by atoms with Gasteiger partial charge in [0.05, 0.1) is 0 Å². The molecule has 10 heavy (non-hydrogen) atoms. The van der Waals surface area contributed by atoms with Gasteiger partial charge in [-0.25, -0.2) is 0 Å². The Morgan fingerprint density at radius 2 is 1.90 bits per heavy atom. The molecule has 0 heterocycles. The van der Waals surface area contributed by atoms with E-state index in [0.717, 1.165) is 6.42 Å². The standard InChI is InChI=1S/C10H16/c1-8-6-5-7-9(8)10(2,3)4/h5,7H,6H2,1-4H3. The van der Waals surface area contributed by atoms with Crippen LogP contribution in [0.4, 0.5) is 0 Å². The fraction of sp³-hybridized carbons (Fsp3) is 0.600. The van der Waals surface area contributed by atoms with Crippen LogP contribution < -0.4 is 0 Å². The molecule has 1 aliphatic carbocycles. The lowest BCUT2D eigenvalue weighted by molar-refractivity contribution is 0.514. The first-order valence-corrected chi connectivity index (χ1v) is 3.88. The van der Waals surface area contributed by atoms with Gasteiger partial charge in [0.15, 0.2) is 0 Å². The predicted molar refractivity (Wildman–Crippen MR) is 45.9 cm³/mol. The summed E-state index contributed by atoms with van der Waals surface area (Å²) in [5, 5.41) is 0. The Morgan fingerprint density at radius 3 is 2.10 bits per heavy atom. The van der Waals surface area contributed by atoms with Crippen molar-refractivity contribution in [3.8, 4) is 0 Å². The Morgan fingerprint density at radius 1 is 1.30 bits per heavy atom. The molecule has 0 unspecified atom stereocenters. The summed E-state index contributed by atoms with van der Waals surface area (Å²) >= 11 is 0. The third kappa shape index (κ3) is 1.31. The Bertz CT molecular complexity index is 187. The molecule has 1 rings (SSSR count). The number of rotatable bonds is 0. The van der Waals surface area contributed by atoms with Gasteiger partial charge in [0.1, 0.15) is 0 Å². The molecule has 0 bridgehead atoms. The second kappa shape index (κ2) is 2.26. The predicted octanol–water partition coefficient (Wildman–Crippen LogP) is 3.31. The fourth-order valence-corrected chi connectivity index (χ4v) is 1.50. The molecule has 56 valence electrons. The van der Waals surface area contributed by atoms with Crippen LogP contribution in [0.3, 0.4) is 0 Å².